The molecule has 158 valence electrons. The van der Waals surface area contributed by atoms with Crippen LogP contribution < -0.4 is 10.1 Å². The van der Waals surface area contributed by atoms with Crippen molar-refractivity contribution in [1.29, 1.82) is 0 Å². The molecule has 0 bridgehead atoms. The Labute approximate surface area is 176 Å². The predicted molar refractivity (Wildman–Crippen MR) is 113 cm³/mol. The van der Waals surface area contributed by atoms with Gasteiger partial charge in [0.05, 0.1) is 28.1 Å². The molecule has 3 rings (SSSR count). The monoisotopic (exact) mass is 441 g/mol. The molecular weight excluding hydrogens is 426 g/mol. The Morgan fingerprint density at radius 1 is 1.13 bits per heavy atom. The first kappa shape index (κ1) is 21.4. The van der Waals surface area contributed by atoms with Gasteiger partial charge in [-0.15, -0.1) is 0 Å². The Morgan fingerprint density at radius 3 is 2.58 bits per heavy atom. The number of hydrogen-bond acceptors (Lipinski definition) is 8. The van der Waals surface area contributed by atoms with E-state index in [4.69, 9.17) is 0 Å². The van der Waals surface area contributed by atoms with Crippen molar-refractivity contribution in [3.05, 3.63) is 88.2 Å². The number of sulfonamides is 1. The lowest BCUT2D eigenvalue weighted by molar-refractivity contribution is -0.385. The molecule has 0 saturated carbocycles. The van der Waals surface area contributed by atoms with Crippen molar-refractivity contribution in [2.24, 2.45) is 5.10 Å². The maximum atomic E-state index is 13.0. The highest BCUT2D eigenvalue weighted by Crippen LogP contribution is 2.29. The van der Waals surface area contributed by atoms with Gasteiger partial charge in [0.15, 0.2) is 0 Å². The summed E-state index contributed by atoms with van der Waals surface area (Å²) in [4.78, 5) is 25.2. The zero-order valence-electron chi connectivity index (χ0n) is 15.7. The number of nitro benzene ring substituents is 1. The molecule has 0 fully saturated rings. The Bertz CT molecular complexity index is 1260. The van der Waals surface area contributed by atoms with Crippen molar-refractivity contribution in [2.45, 2.75) is 4.90 Å². The number of non-ortho nitro benzene ring substituents is 1. The number of hydrogen-bond donors (Lipinski definition) is 3. The number of carbonyl (C=O) groups is 1. The third-order valence-electron chi connectivity index (χ3n) is 3.95. The lowest BCUT2D eigenvalue weighted by atomic mass is 10.2. The SMILES string of the molecule is O=C(O)c1ccccc1NS(=O)(=O)c1cc([N+](=O)[O-])ccc1NN=Cc1cccnc1. The van der Waals surface area contributed by atoms with Crippen LogP contribution in [0.15, 0.2) is 77.0 Å². The fourth-order valence-corrected chi connectivity index (χ4v) is 3.78. The van der Waals surface area contributed by atoms with Gasteiger partial charge in [0.25, 0.3) is 15.7 Å². The zero-order valence-corrected chi connectivity index (χ0v) is 16.5. The number of nitrogens with zero attached hydrogens (tertiary/aromatic N) is 3. The third-order valence-corrected chi connectivity index (χ3v) is 5.36. The van der Waals surface area contributed by atoms with E-state index in [2.05, 4.69) is 20.2 Å². The molecule has 0 aliphatic heterocycles. The molecule has 12 heteroatoms. The maximum Gasteiger partial charge on any atom is 0.337 e. The van der Waals surface area contributed by atoms with Crippen molar-refractivity contribution in [3.8, 4) is 0 Å². The quantitative estimate of drug-likeness (QED) is 0.273. The molecule has 0 aliphatic carbocycles. The minimum atomic E-state index is -4.42. The number of hydrazone groups is 1. The van der Waals surface area contributed by atoms with E-state index in [1.807, 2.05) is 0 Å². The van der Waals surface area contributed by atoms with Crippen LogP contribution in [0.2, 0.25) is 0 Å². The Kier molecular flexibility index (Phi) is 6.21. The average molecular weight is 441 g/mol. The number of anilines is 2. The molecule has 0 spiro atoms. The van der Waals surface area contributed by atoms with Gasteiger partial charge in [0.2, 0.25) is 0 Å². The van der Waals surface area contributed by atoms with Crippen molar-refractivity contribution in [3.63, 3.8) is 0 Å². The molecule has 3 aromatic rings. The van der Waals surface area contributed by atoms with Crippen LogP contribution in [0, 0.1) is 10.1 Å². The van der Waals surface area contributed by atoms with Crippen molar-refractivity contribution in [2.75, 3.05) is 10.1 Å². The largest absolute Gasteiger partial charge is 0.478 e. The summed E-state index contributed by atoms with van der Waals surface area (Å²) in [6, 6.07) is 12.0. The second-order valence-electron chi connectivity index (χ2n) is 6.05. The summed E-state index contributed by atoms with van der Waals surface area (Å²) >= 11 is 0. The number of carboxylic acids is 1. The fourth-order valence-electron chi connectivity index (χ4n) is 2.53. The smallest absolute Gasteiger partial charge is 0.337 e. The van der Waals surface area contributed by atoms with E-state index in [1.54, 1.807) is 18.3 Å². The van der Waals surface area contributed by atoms with Crippen molar-refractivity contribution >= 4 is 39.3 Å². The normalized spacial score (nSPS) is 11.2. The number of benzene rings is 2. The Hall–Kier alpha value is -4.32. The lowest BCUT2D eigenvalue weighted by Gasteiger charge is -2.13. The molecule has 3 N–H and O–H groups in total. The zero-order chi connectivity index (χ0) is 22.4. The van der Waals surface area contributed by atoms with E-state index in [9.17, 15) is 28.4 Å². The summed E-state index contributed by atoms with van der Waals surface area (Å²) < 4.78 is 28.1. The summed E-state index contributed by atoms with van der Waals surface area (Å²) in [5.41, 5.74) is 2.19. The molecule has 0 radical (unpaired) electrons. The summed E-state index contributed by atoms with van der Waals surface area (Å²) in [7, 11) is -4.42. The molecule has 11 nitrogen and oxygen atoms in total. The number of aromatic carboxylic acids is 1. The minimum absolute atomic E-state index is 0.0500. The van der Waals surface area contributed by atoms with Gasteiger partial charge in [-0.3, -0.25) is 25.2 Å². The van der Waals surface area contributed by atoms with Gasteiger partial charge in [0, 0.05) is 30.1 Å². The van der Waals surface area contributed by atoms with E-state index in [0.717, 1.165) is 12.1 Å². The standard InChI is InChI=1S/C19H15N5O6S/c25-19(26)15-5-1-2-6-16(15)23-31(29,30)18-10-14(24(27)28)7-8-17(18)22-21-12-13-4-3-9-20-11-13/h1-12,22-23H,(H,25,26). The second-order valence-corrected chi connectivity index (χ2v) is 7.70. The predicted octanol–water partition coefficient (Wildman–Crippen LogP) is 2.93. The van der Waals surface area contributed by atoms with Gasteiger partial charge in [0.1, 0.15) is 4.90 Å². The van der Waals surface area contributed by atoms with Gasteiger partial charge < -0.3 is 5.11 Å². The summed E-state index contributed by atoms with van der Waals surface area (Å²) in [5, 5.41) is 24.4. The van der Waals surface area contributed by atoms with Gasteiger partial charge in [-0.1, -0.05) is 18.2 Å². The molecule has 0 amide bonds. The first-order valence-electron chi connectivity index (χ1n) is 8.60. The third kappa shape index (κ3) is 5.19. The van der Waals surface area contributed by atoms with Gasteiger partial charge >= 0.3 is 5.97 Å². The first-order chi connectivity index (χ1) is 14.8. The number of nitro groups is 1. The second kappa shape index (κ2) is 9.00. The average Bonchev–Trinajstić information content (AvgIpc) is 2.74. The van der Waals surface area contributed by atoms with Crippen LogP contribution in [0.3, 0.4) is 0 Å². The number of pyridine rings is 1. The highest BCUT2D eigenvalue weighted by atomic mass is 32.2. The molecule has 1 aromatic heterocycles. The molecule has 1 heterocycles. The van der Waals surface area contributed by atoms with Crippen LogP contribution in [0.25, 0.3) is 0 Å². The van der Waals surface area contributed by atoms with Gasteiger partial charge in [-0.05, 0) is 24.3 Å². The van der Waals surface area contributed by atoms with Crippen LogP contribution in [-0.2, 0) is 10.0 Å². The number of carboxylic acid groups (broad SMARTS) is 1. The maximum absolute atomic E-state index is 13.0. The molecule has 0 aliphatic rings. The molecular formula is C19H15N5O6S. The van der Waals surface area contributed by atoms with E-state index in [-0.39, 0.29) is 16.9 Å². The molecule has 31 heavy (non-hydrogen) atoms. The molecule has 0 saturated heterocycles. The van der Waals surface area contributed by atoms with Gasteiger partial charge in [-0.25, -0.2) is 13.2 Å². The Balaban J connectivity index is 1.99. The van der Waals surface area contributed by atoms with E-state index in [0.29, 0.717) is 5.56 Å². The minimum Gasteiger partial charge on any atom is -0.478 e. The lowest BCUT2D eigenvalue weighted by Crippen LogP contribution is -2.17. The number of nitrogens with one attached hydrogen (secondary N) is 2. The fraction of sp³-hybridized carbons (Fsp3) is 0. The van der Waals surface area contributed by atoms with Crippen LogP contribution >= 0.6 is 0 Å². The Morgan fingerprint density at radius 2 is 1.90 bits per heavy atom. The van der Waals surface area contributed by atoms with Crippen LogP contribution in [0.5, 0.6) is 0 Å². The molecule has 2 aromatic carbocycles. The van der Waals surface area contributed by atoms with E-state index in [1.165, 1.54) is 42.7 Å². The number of rotatable bonds is 8. The van der Waals surface area contributed by atoms with Crippen LogP contribution in [0.1, 0.15) is 15.9 Å². The topological polar surface area (TPSA) is 164 Å². The number of aromatic nitrogens is 1. The van der Waals surface area contributed by atoms with Crippen molar-refractivity contribution < 1.29 is 23.2 Å². The highest BCUT2D eigenvalue weighted by Gasteiger charge is 2.24. The number of para-hydroxylation sites is 1. The summed E-state index contributed by atoms with van der Waals surface area (Å²) in [6.07, 6.45) is 4.49. The van der Waals surface area contributed by atoms with Crippen molar-refractivity contribution in [1.82, 2.24) is 4.98 Å². The van der Waals surface area contributed by atoms with Gasteiger partial charge in [-0.2, -0.15) is 5.10 Å². The first-order valence-corrected chi connectivity index (χ1v) is 10.1. The summed E-state index contributed by atoms with van der Waals surface area (Å²) in [5.74, 6) is -1.34. The summed E-state index contributed by atoms with van der Waals surface area (Å²) in [6.45, 7) is 0. The van der Waals surface area contributed by atoms with E-state index < -0.39 is 31.5 Å². The molecule has 0 atom stereocenters. The molecule has 0 unspecified atom stereocenters. The highest BCUT2D eigenvalue weighted by molar-refractivity contribution is 7.93. The van der Waals surface area contributed by atoms with E-state index >= 15 is 0 Å². The van der Waals surface area contributed by atoms with Crippen LogP contribution in [0.4, 0.5) is 17.1 Å². The van der Waals surface area contributed by atoms with Crippen LogP contribution in [-0.4, -0.2) is 35.6 Å².